The van der Waals surface area contributed by atoms with Crippen LogP contribution in [0.4, 0.5) is 0 Å². The second kappa shape index (κ2) is 19.3. The Morgan fingerprint density at radius 1 is 0.448 bits per heavy atom. The predicted octanol–water partition coefficient (Wildman–Crippen LogP) is 5.56. The highest BCUT2D eigenvalue weighted by Gasteiger charge is 2.53. The summed E-state index contributed by atoms with van der Waals surface area (Å²) in [5, 5.41) is 11.1. The van der Waals surface area contributed by atoms with Crippen LogP contribution >= 0.6 is 0 Å². The van der Waals surface area contributed by atoms with Gasteiger partial charge in [0.1, 0.15) is 24.9 Å². The van der Waals surface area contributed by atoms with Crippen LogP contribution in [0.3, 0.4) is 0 Å². The molecule has 298 valence electrons. The molecule has 0 radical (unpaired) electrons. The zero-order valence-corrected chi connectivity index (χ0v) is 31.0. The average Bonchev–Trinajstić information content (AvgIpc) is 3.75. The van der Waals surface area contributed by atoms with Crippen LogP contribution in [-0.4, -0.2) is 91.4 Å². The van der Waals surface area contributed by atoms with Gasteiger partial charge in [0.15, 0.2) is 30.9 Å². The van der Waals surface area contributed by atoms with Crippen molar-refractivity contribution in [2.75, 3.05) is 13.2 Å². The largest absolute Gasteiger partial charge is 0.459 e. The van der Waals surface area contributed by atoms with Crippen molar-refractivity contribution in [1.29, 1.82) is 0 Å². The topological polar surface area (TPSA) is 162 Å². The molecule has 1 N–H and O–H groups in total. The molecule has 2 aliphatic heterocycles. The molecule has 0 bridgehead atoms. The standard InChI is InChI=1S/C45H40O13/c46-40(30-18-8-2-9-19-30)52-27-35-37(57-42(48)32-22-12-4-13-23-32)39(51-26-29-16-6-1-7-17-29)45(55-35)53-28-34-36(56-41(47)31-20-10-3-11-21-31)38(44(50)54-34)58-43(49)33-24-14-5-15-25-33/h1-25,34-39,44-45,50H,26-28H2/t34-,35-,36-,37-,38+,39+,44+,45-/m1/s1. The number of aliphatic hydroxyl groups is 1. The second-order valence-electron chi connectivity index (χ2n) is 13.4. The Balaban J connectivity index is 1.14. The third-order valence-corrected chi connectivity index (χ3v) is 9.41. The summed E-state index contributed by atoms with van der Waals surface area (Å²) in [6.45, 7) is -0.688. The first-order valence-corrected chi connectivity index (χ1v) is 18.6. The lowest BCUT2D eigenvalue weighted by molar-refractivity contribution is -0.206. The van der Waals surface area contributed by atoms with Crippen molar-refractivity contribution in [3.8, 4) is 0 Å². The quantitative estimate of drug-likeness (QED) is 0.104. The van der Waals surface area contributed by atoms with Crippen molar-refractivity contribution in [3.05, 3.63) is 179 Å². The van der Waals surface area contributed by atoms with E-state index in [2.05, 4.69) is 0 Å². The Morgan fingerprint density at radius 3 is 1.33 bits per heavy atom. The number of aliphatic hydroxyl groups excluding tert-OH is 1. The minimum atomic E-state index is -1.71. The van der Waals surface area contributed by atoms with E-state index in [1.165, 1.54) is 12.1 Å². The molecule has 0 spiro atoms. The molecule has 0 unspecified atom stereocenters. The highest BCUT2D eigenvalue weighted by atomic mass is 16.7. The van der Waals surface area contributed by atoms with Crippen LogP contribution in [0.25, 0.3) is 0 Å². The Bertz CT molecular complexity index is 2100. The Morgan fingerprint density at radius 2 is 0.845 bits per heavy atom. The SMILES string of the molecule is O=C(OC[C@H]1O[C@@H](OC[C@H]2O[C@H](O)[C@@H](OC(=O)c3ccccc3)[C@@H]2OC(=O)c2ccccc2)[C@@H](OCc2ccccc2)[C@@H]1OC(=O)c1ccccc1)c1ccccc1. The monoisotopic (exact) mass is 788 g/mol. The van der Waals surface area contributed by atoms with Gasteiger partial charge in [-0.2, -0.15) is 0 Å². The number of carbonyl (C=O) groups excluding carboxylic acids is 4. The molecular weight excluding hydrogens is 748 g/mol. The summed E-state index contributed by atoms with van der Waals surface area (Å²) in [5.41, 5.74) is 1.78. The van der Waals surface area contributed by atoms with Crippen molar-refractivity contribution in [2.24, 2.45) is 0 Å². The van der Waals surface area contributed by atoms with Gasteiger partial charge in [0.05, 0.1) is 35.5 Å². The second-order valence-corrected chi connectivity index (χ2v) is 13.4. The smallest absolute Gasteiger partial charge is 0.338 e. The third-order valence-electron chi connectivity index (χ3n) is 9.41. The van der Waals surface area contributed by atoms with E-state index >= 15 is 0 Å². The van der Waals surface area contributed by atoms with Crippen LogP contribution in [0, 0.1) is 0 Å². The summed E-state index contributed by atoms with van der Waals surface area (Å²) < 4.78 is 48.0. The summed E-state index contributed by atoms with van der Waals surface area (Å²) in [4.78, 5) is 53.0. The van der Waals surface area contributed by atoms with Gasteiger partial charge in [-0.25, -0.2) is 19.2 Å². The van der Waals surface area contributed by atoms with Gasteiger partial charge in [-0.05, 0) is 54.1 Å². The van der Waals surface area contributed by atoms with Gasteiger partial charge in [0.25, 0.3) is 0 Å². The maximum Gasteiger partial charge on any atom is 0.338 e. The summed E-state index contributed by atoms with van der Waals surface area (Å²) in [5.74, 6) is -2.85. The lowest BCUT2D eigenvalue weighted by Gasteiger charge is -2.26. The fourth-order valence-electron chi connectivity index (χ4n) is 6.46. The van der Waals surface area contributed by atoms with Crippen LogP contribution < -0.4 is 0 Å². The van der Waals surface area contributed by atoms with Gasteiger partial charge in [-0.3, -0.25) is 0 Å². The number of rotatable bonds is 15. The van der Waals surface area contributed by atoms with Crippen molar-refractivity contribution in [2.45, 2.75) is 55.8 Å². The molecule has 0 aliphatic carbocycles. The van der Waals surface area contributed by atoms with E-state index in [0.29, 0.717) is 5.56 Å². The summed E-state index contributed by atoms with van der Waals surface area (Å²) in [6, 6.07) is 42.2. The summed E-state index contributed by atoms with van der Waals surface area (Å²) in [7, 11) is 0. The molecule has 0 amide bonds. The lowest BCUT2D eigenvalue weighted by atomic mass is 10.1. The van der Waals surface area contributed by atoms with Gasteiger partial charge in [0.2, 0.25) is 0 Å². The normalized spacial score (nSPS) is 23.7. The van der Waals surface area contributed by atoms with Gasteiger partial charge in [-0.1, -0.05) is 103 Å². The maximum absolute atomic E-state index is 13.5. The Labute approximate surface area is 333 Å². The van der Waals surface area contributed by atoms with Crippen molar-refractivity contribution in [1.82, 2.24) is 0 Å². The molecule has 5 aromatic carbocycles. The number of benzene rings is 5. The molecule has 7 rings (SSSR count). The van der Waals surface area contributed by atoms with E-state index in [0.717, 1.165) is 5.56 Å². The molecule has 2 fully saturated rings. The molecule has 13 nitrogen and oxygen atoms in total. The predicted molar refractivity (Wildman–Crippen MR) is 204 cm³/mol. The van der Waals surface area contributed by atoms with E-state index in [9.17, 15) is 24.3 Å². The van der Waals surface area contributed by atoms with Gasteiger partial charge < -0.3 is 43.0 Å². The number of hydrogen-bond acceptors (Lipinski definition) is 13. The number of carbonyl (C=O) groups is 4. The first-order chi connectivity index (χ1) is 28.3. The average molecular weight is 789 g/mol. The van der Waals surface area contributed by atoms with Crippen molar-refractivity contribution >= 4 is 23.9 Å². The van der Waals surface area contributed by atoms with Gasteiger partial charge in [0, 0.05) is 0 Å². The van der Waals surface area contributed by atoms with Crippen LogP contribution in [0.15, 0.2) is 152 Å². The van der Waals surface area contributed by atoms with E-state index < -0.39 is 79.7 Å². The van der Waals surface area contributed by atoms with Gasteiger partial charge >= 0.3 is 23.9 Å². The number of hydrogen-bond donors (Lipinski definition) is 1. The first-order valence-electron chi connectivity index (χ1n) is 18.6. The molecule has 13 heteroatoms. The van der Waals surface area contributed by atoms with Crippen molar-refractivity contribution in [3.63, 3.8) is 0 Å². The fraction of sp³-hybridized carbons (Fsp3) is 0.244. The Hall–Kier alpha value is -6.22. The molecule has 0 saturated carbocycles. The van der Waals surface area contributed by atoms with Crippen molar-refractivity contribution < 1.29 is 62.2 Å². The first kappa shape index (κ1) is 40.0. The third kappa shape index (κ3) is 10.0. The minimum absolute atomic E-state index is 0.0537. The molecule has 8 atom stereocenters. The number of esters is 4. The highest BCUT2D eigenvalue weighted by molar-refractivity contribution is 5.91. The molecule has 0 aromatic heterocycles. The summed E-state index contributed by atoms with van der Waals surface area (Å²) >= 11 is 0. The van der Waals surface area contributed by atoms with Crippen LogP contribution in [-0.2, 0) is 44.5 Å². The van der Waals surface area contributed by atoms with E-state index in [1.807, 2.05) is 30.3 Å². The zero-order valence-electron chi connectivity index (χ0n) is 31.0. The number of ether oxygens (including phenoxy) is 8. The fourth-order valence-corrected chi connectivity index (χ4v) is 6.46. The Kier molecular flexibility index (Phi) is 13.3. The minimum Gasteiger partial charge on any atom is -0.459 e. The van der Waals surface area contributed by atoms with Crippen LogP contribution in [0.5, 0.6) is 0 Å². The molecule has 2 saturated heterocycles. The lowest BCUT2D eigenvalue weighted by Crippen LogP contribution is -2.44. The van der Waals surface area contributed by atoms with Crippen LogP contribution in [0.1, 0.15) is 47.0 Å². The van der Waals surface area contributed by atoms with E-state index in [1.54, 1.807) is 109 Å². The maximum atomic E-state index is 13.5. The zero-order chi connectivity index (χ0) is 40.3. The molecule has 5 aromatic rings. The molecule has 2 heterocycles. The van der Waals surface area contributed by atoms with Gasteiger partial charge in [-0.15, -0.1) is 0 Å². The summed E-state index contributed by atoms with van der Waals surface area (Å²) in [6.07, 6.45) is -10.3. The molecular formula is C45H40O13. The van der Waals surface area contributed by atoms with E-state index in [-0.39, 0.29) is 29.9 Å². The highest BCUT2D eigenvalue weighted by Crippen LogP contribution is 2.33. The van der Waals surface area contributed by atoms with E-state index in [4.69, 9.17) is 37.9 Å². The molecule has 58 heavy (non-hydrogen) atoms. The molecule has 2 aliphatic rings. The van der Waals surface area contributed by atoms with Crippen LogP contribution in [0.2, 0.25) is 0 Å².